The summed E-state index contributed by atoms with van der Waals surface area (Å²) in [5.41, 5.74) is 2.09. The minimum atomic E-state index is -1.11. The molecular weight excluding hydrogens is 392 g/mol. The summed E-state index contributed by atoms with van der Waals surface area (Å²) in [6.07, 6.45) is 4.08. The molecule has 8 nitrogen and oxygen atoms in total. The van der Waals surface area contributed by atoms with Gasteiger partial charge in [-0.15, -0.1) is 0 Å². The van der Waals surface area contributed by atoms with Crippen LogP contribution in [-0.4, -0.2) is 39.0 Å². The van der Waals surface area contributed by atoms with E-state index in [2.05, 4.69) is 20.3 Å². The highest BCUT2D eigenvalue weighted by Crippen LogP contribution is 2.34. The molecule has 3 rings (SSSR count). The van der Waals surface area contributed by atoms with Gasteiger partial charge in [0.2, 0.25) is 0 Å². The molecule has 0 radical (unpaired) electrons. The van der Waals surface area contributed by atoms with E-state index in [4.69, 9.17) is 21.4 Å². The van der Waals surface area contributed by atoms with E-state index in [9.17, 15) is 9.59 Å². The maximum atomic E-state index is 12.8. The molecule has 0 unspecified atom stereocenters. The van der Waals surface area contributed by atoms with Gasteiger partial charge >= 0.3 is 5.97 Å². The van der Waals surface area contributed by atoms with Gasteiger partial charge in [-0.2, -0.15) is 0 Å². The van der Waals surface area contributed by atoms with Crippen molar-refractivity contribution in [1.29, 1.82) is 0 Å². The maximum absolute atomic E-state index is 12.8. The van der Waals surface area contributed by atoms with E-state index in [1.165, 1.54) is 25.7 Å². The lowest BCUT2D eigenvalue weighted by Crippen LogP contribution is -2.14. The monoisotopic (exact) mass is 404 g/mol. The standard InChI is InChI=1S/C17H13ClN4O4S/c1-8-3-9(10-4-14(18)20-6-12(10)26-2)11(5-19-8)15(23)22-17-21-7-13(27-17)16(24)25/h3-7H,1-2H3,(H,24,25)(H,21,22,23). The molecule has 3 heterocycles. The Bertz CT molecular complexity index is 1040. The van der Waals surface area contributed by atoms with Crippen LogP contribution in [0.4, 0.5) is 5.13 Å². The number of nitrogens with zero attached hydrogens (tertiary/aromatic N) is 3. The number of aromatic nitrogens is 3. The number of aryl methyl sites for hydroxylation is 1. The van der Waals surface area contributed by atoms with E-state index in [1.807, 2.05) is 0 Å². The number of hydrogen-bond donors (Lipinski definition) is 2. The first kappa shape index (κ1) is 18.7. The fourth-order valence-corrected chi connectivity index (χ4v) is 3.16. The minimum absolute atomic E-state index is 0.0233. The number of rotatable bonds is 5. The zero-order valence-electron chi connectivity index (χ0n) is 14.2. The molecule has 0 aliphatic heterocycles. The summed E-state index contributed by atoms with van der Waals surface area (Å²) in [5.74, 6) is -1.15. The van der Waals surface area contributed by atoms with Crippen molar-refractivity contribution in [3.05, 3.63) is 52.0 Å². The van der Waals surface area contributed by atoms with Crippen LogP contribution >= 0.6 is 22.9 Å². The van der Waals surface area contributed by atoms with E-state index >= 15 is 0 Å². The molecule has 10 heteroatoms. The van der Waals surface area contributed by atoms with Crippen LogP contribution in [0, 0.1) is 6.92 Å². The predicted octanol–water partition coefficient (Wildman–Crippen LogP) is 3.52. The molecule has 1 amide bonds. The van der Waals surface area contributed by atoms with E-state index in [-0.39, 0.29) is 20.7 Å². The number of amides is 1. The fourth-order valence-electron chi connectivity index (χ4n) is 2.35. The van der Waals surface area contributed by atoms with E-state index < -0.39 is 11.9 Å². The van der Waals surface area contributed by atoms with Gasteiger partial charge in [0.25, 0.3) is 5.91 Å². The number of halogens is 1. The number of ether oxygens (including phenoxy) is 1. The Hall–Kier alpha value is -3.04. The molecule has 0 bridgehead atoms. The lowest BCUT2D eigenvalue weighted by molar-refractivity contribution is 0.0701. The second kappa shape index (κ2) is 7.68. The Morgan fingerprint density at radius 2 is 1.93 bits per heavy atom. The molecule has 27 heavy (non-hydrogen) atoms. The Labute approximate surface area is 162 Å². The number of carboxylic acid groups (broad SMARTS) is 1. The highest BCUT2D eigenvalue weighted by Gasteiger charge is 2.19. The van der Waals surface area contributed by atoms with Crippen molar-refractivity contribution in [3.8, 4) is 16.9 Å². The number of carbonyl (C=O) groups is 2. The molecule has 0 aliphatic carbocycles. The van der Waals surface area contributed by atoms with Gasteiger partial charge in [0.05, 0.1) is 25.1 Å². The number of thiazole rings is 1. The largest absolute Gasteiger partial charge is 0.494 e. The number of hydrogen-bond acceptors (Lipinski definition) is 7. The smallest absolute Gasteiger partial charge is 0.347 e. The highest BCUT2D eigenvalue weighted by atomic mass is 35.5. The number of anilines is 1. The molecule has 0 spiro atoms. The van der Waals surface area contributed by atoms with Gasteiger partial charge < -0.3 is 9.84 Å². The lowest BCUT2D eigenvalue weighted by atomic mass is 10.0. The van der Waals surface area contributed by atoms with Crippen LogP contribution in [-0.2, 0) is 0 Å². The summed E-state index contributed by atoms with van der Waals surface area (Å²) in [6, 6.07) is 3.32. The van der Waals surface area contributed by atoms with Gasteiger partial charge in [0.1, 0.15) is 15.8 Å². The number of carbonyl (C=O) groups excluding carboxylic acids is 1. The second-order valence-electron chi connectivity index (χ2n) is 5.37. The third-order valence-corrected chi connectivity index (χ3v) is 4.67. The quantitative estimate of drug-likeness (QED) is 0.625. The number of carboxylic acids is 1. The van der Waals surface area contributed by atoms with Gasteiger partial charge in [-0.1, -0.05) is 22.9 Å². The Morgan fingerprint density at radius 3 is 2.59 bits per heavy atom. The number of nitrogens with one attached hydrogen (secondary N) is 1. The van der Waals surface area contributed by atoms with E-state index in [0.717, 1.165) is 11.3 Å². The number of aromatic carboxylic acids is 1. The normalized spacial score (nSPS) is 10.5. The van der Waals surface area contributed by atoms with E-state index in [0.29, 0.717) is 22.6 Å². The maximum Gasteiger partial charge on any atom is 0.347 e. The summed E-state index contributed by atoms with van der Waals surface area (Å²) < 4.78 is 5.33. The first-order valence-electron chi connectivity index (χ1n) is 7.56. The molecule has 3 aromatic heterocycles. The van der Waals surface area contributed by atoms with Crippen LogP contribution in [0.3, 0.4) is 0 Å². The molecule has 0 aliphatic rings. The Morgan fingerprint density at radius 1 is 1.15 bits per heavy atom. The molecule has 0 fully saturated rings. The third-order valence-electron chi connectivity index (χ3n) is 3.57. The topological polar surface area (TPSA) is 114 Å². The summed E-state index contributed by atoms with van der Waals surface area (Å²) in [7, 11) is 1.49. The SMILES string of the molecule is COc1cnc(Cl)cc1-c1cc(C)ncc1C(=O)Nc1ncc(C(=O)O)s1. The van der Waals surface area contributed by atoms with Gasteiger partial charge in [-0.25, -0.2) is 14.8 Å². The number of methoxy groups -OCH3 is 1. The van der Waals surface area contributed by atoms with E-state index in [1.54, 1.807) is 19.1 Å². The zero-order valence-corrected chi connectivity index (χ0v) is 15.8. The summed E-state index contributed by atoms with van der Waals surface area (Å²) in [6.45, 7) is 1.79. The van der Waals surface area contributed by atoms with Crippen LogP contribution < -0.4 is 10.1 Å². The lowest BCUT2D eigenvalue weighted by Gasteiger charge is -2.13. The first-order valence-corrected chi connectivity index (χ1v) is 8.75. The van der Waals surface area contributed by atoms with Crippen LogP contribution in [0.2, 0.25) is 5.15 Å². The molecule has 0 saturated carbocycles. The highest BCUT2D eigenvalue weighted by molar-refractivity contribution is 7.17. The van der Waals surface area contributed by atoms with Crippen LogP contribution in [0.5, 0.6) is 5.75 Å². The van der Waals surface area contributed by atoms with Crippen molar-refractivity contribution in [1.82, 2.24) is 15.0 Å². The van der Waals surface area contributed by atoms with Gasteiger partial charge in [0.15, 0.2) is 5.13 Å². The van der Waals surface area contributed by atoms with Crippen LogP contribution in [0.15, 0.2) is 30.7 Å². The molecular formula is C17H13ClN4O4S. The molecule has 2 N–H and O–H groups in total. The predicted molar refractivity (Wildman–Crippen MR) is 101 cm³/mol. The van der Waals surface area contributed by atoms with Crippen molar-refractivity contribution < 1.29 is 19.4 Å². The third kappa shape index (κ3) is 4.04. The average Bonchev–Trinajstić information content (AvgIpc) is 3.10. The summed E-state index contributed by atoms with van der Waals surface area (Å²) in [5, 5.41) is 12.0. The number of pyridine rings is 2. The Balaban J connectivity index is 2.02. The molecule has 0 aromatic carbocycles. The van der Waals surface area contributed by atoms with Crippen molar-refractivity contribution in [3.63, 3.8) is 0 Å². The molecule has 0 atom stereocenters. The van der Waals surface area contributed by atoms with Crippen molar-refractivity contribution >= 4 is 39.9 Å². The van der Waals surface area contributed by atoms with Crippen molar-refractivity contribution in [2.24, 2.45) is 0 Å². The summed E-state index contributed by atoms with van der Waals surface area (Å²) >= 11 is 6.87. The van der Waals surface area contributed by atoms with Crippen LogP contribution in [0.1, 0.15) is 25.7 Å². The van der Waals surface area contributed by atoms with Crippen molar-refractivity contribution in [2.75, 3.05) is 12.4 Å². The molecule has 138 valence electrons. The summed E-state index contributed by atoms with van der Waals surface area (Å²) in [4.78, 5) is 35.8. The average molecular weight is 405 g/mol. The van der Waals surface area contributed by atoms with Gasteiger partial charge in [0, 0.05) is 23.0 Å². The minimum Gasteiger partial charge on any atom is -0.494 e. The second-order valence-corrected chi connectivity index (χ2v) is 6.79. The van der Waals surface area contributed by atoms with Gasteiger partial charge in [-0.3, -0.25) is 15.1 Å². The van der Waals surface area contributed by atoms with Crippen molar-refractivity contribution in [2.45, 2.75) is 6.92 Å². The van der Waals surface area contributed by atoms with Crippen LogP contribution in [0.25, 0.3) is 11.1 Å². The molecule has 0 saturated heterocycles. The fraction of sp³-hybridized carbons (Fsp3) is 0.118. The first-order chi connectivity index (χ1) is 12.9. The Kier molecular flexibility index (Phi) is 5.33. The molecule has 3 aromatic rings. The zero-order chi connectivity index (χ0) is 19.6. The van der Waals surface area contributed by atoms with Gasteiger partial charge in [-0.05, 0) is 19.1 Å².